The molecule has 4 rings (SSSR count). The van der Waals surface area contributed by atoms with Gasteiger partial charge in [-0.15, -0.1) is 11.3 Å². The molecule has 0 aliphatic carbocycles. The number of anilines is 1. The van der Waals surface area contributed by atoms with Gasteiger partial charge in [-0.05, 0) is 47.5 Å². The Hall–Kier alpha value is -2.23. The van der Waals surface area contributed by atoms with Crippen molar-refractivity contribution >= 4 is 85.9 Å². The second-order valence-electron chi connectivity index (χ2n) is 6.86. The van der Waals surface area contributed by atoms with Crippen LogP contribution in [0.3, 0.4) is 0 Å². The van der Waals surface area contributed by atoms with Crippen LogP contribution in [0.5, 0.6) is 0 Å². The molecule has 0 saturated carbocycles. The number of hydrogen-bond acceptors (Lipinski definition) is 6. The van der Waals surface area contributed by atoms with Crippen LogP contribution in [0.4, 0.5) is 5.13 Å². The molecular weight excluding hydrogens is 505 g/mol. The summed E-state index contributed by atoms with van der Waals surface area (Å²) in [6.45, 7) is 0. The quantitative estimate of drug-likeness (QED) is 0.324. The van der Waals surface area contributed by atoms with Crippen molar-refractivity contribution in [3.8, 4) is 0 Å². The summed E-state index contributed by atoms with van der Waals surface area (Å²) in [5.74, 6) is -0.390. The van der Waals surface area contributed by atoms with Crippen molar-refractivity contribution in [2.45, 2.75) is 6.42 Å². The van der Waals surface area contributed by atoms with Gasteiger partial charge < -0.3 is 0 Å². The van der Waals surface area contributed by atoms with Crippen LogP contribution in [0.15, 0.2) is 53.6 Å². The number of hydrogen-bond donors (Lipinski definition) is 1. The molecule has 0 radical (unpaired) electrons. The summed E-state index contributed by atoms with van der Waals surface area (Å²) in [6.07, 6.45) is 4.05. The van der Waals surface area contributed by atoms with Gasteiger partial charge in [-0.2, -0.15) is 0 Å². The van der Waals surface area contributed by atoms with E-state index in [1.165, 1.54) is 28.0 Å². The van der Waals surface area contributed by atoms with E-state index in [0.29, 0.717) is 36.4 Å². The summed E-state index contributed by atoms with van der Waals surface area (Å²) in [6, 6.07) is 12.3. The number of thiocarbonyl (C=S) groups is 1. The molecule has 2 heterocycles. The average molecular weight is 520 g/mol. The van der Waals surface area contributed by atoms with Crippen LogP contribution in [-0.2, 0) is 11.2 Å². The third kappa shape index (κ3) is 5.22. The molecule has 0 atom stereocenters. The summed E-state index contributed by atoms with van der Waals surface area (Å²) in [5.41, 5.74) is 2.20. The zero-order valence-corrected chi connectivity index (χ0v) is 20.6. The highest BCUT2D eigenvalue weighted by atomic mass is 35.5. The van der Waals surface area contributed by atoms with Crippen LogP contribution in [0.1, 0.15) is 26.4 Å². The van der Waals surface area contributed by atoms with Crippen LogP contribution in [0, 0.1) is 0 Å². The molecule has 0 unspecified atom stereocenters. The van der Waals surface area contributed by atoms with Crippen LogP contribution >= 0.6 is 58.5 Å². The molecule has 1 N–H and O–H groups in total. The fourth-order valence-corrected chi connectivity index (χ4v) is 5.30. The van der Waals surface area contributed by atoms with E-state index >= 15 is 0 Å². The number of benzene rings is 2. The zero-order chi connectivity index (χ0) is 22.8. The Labute approximate surface area is 208 Å². The number of carbonyl (C=O) groups is 2. The molecular formula is C22H15Cl2N3O2S3. The Morgan fingerprint density at radius 3 is 2.66 bits per heavy atom. The third-order valence-electron chi connectivity index (χ3n) is 4.60. The molecule has 1 fully saturated rings. The van der Waals surface area contributed by atoms with E-state index in [2.05, 4.69) is 10.3 Å². The van der Waals surface area contributed by atoms with Gasteiger partial charge in [-0.1, -0.05) is 59.3 Å². The van der Waals surface area contributed by atoms with E-state index in [9.17, 15) is 9.59 Å². The van der Waals surface area contributed by atoms with Gasteiger partial charge in [0.25, 0.3) is 11.8 Å². The predicted molar refractivity (Wildman–Crippen MR) is 137 cm³/mol. The molecule has 1 saturated heterocycles. The minimum atomic E-state index is -0.266. The highest BCUT2D eigenvalue weighted by molar-refractivity contribution is 8.26. The molecule has 1 aliphatic heterocycles. The highest BCUT2D eigenvalue weighted by Gasteiger charge is 2.28. The summed E-state index contributed by atoms with van der Waals surface area (Å²) >= 11 is 20.1. The van der Waals surface area contributed by atoms with Gasteiger partial charge in [0.1, 0.15) is 4.32 Å². The third-order valence-corrected chi connectivity index (χ3v) is 7.60. The number of nitrogens with zero attached hydrogens (tertiary/aromatic N) is 2. The number of aromatic nitrogens is 1. The first-order valence-corrected chi connectivity index (χ1v) is 12.1. The predicted octanol–water partition coefficient (Wildman–Crippen LogP) is 6.12. The van der Waals surface area contributed by atoms with Crippen molar-refractivity contribution in [1.29, 1.82) is 0 Å². The number of carbonyl (C=O) groups excluding carboxylic acids is 2. The lowest BCUT2D eigenvalue weighted by molar-refractivity contribution is -0.121. The largest absolute Gasteiger partial charge is 0.298 e. The van der Waals surface area contributed by atoms with Crippen molar-refractivity contribution in [2.75, 3.05) is 12.4 Å². The summed E-state index contributed by atoms with van der Waals surface area (Å²) in [4.78, 5) is 31.9. The molecule has 3 aromatic rings. The topological polar surface area (TPSA) is 62.3 Å². The normalized spacial score (nSPS) is 15.0. The van der Waals surface area contributed by atoms with Gasteiger partial charge in [0.05, 0.1) is 4.91 Å². The van der Waals surface area contributed by atoms with E-state index < -0.39 is 0 Å². The van der Waals surface area contributed by atoms with E-state index in [1.54, 1.807) is 55.7 Å². The van der Waals surface area contributed by atoms with E-state index in [4.69, 9.17) is 35.4 Å². The van der Waals surface area contributed by atoms with E-state index in [1.807, 2.05) is 6.07 Å². The molecule has 32 heavy (non-hydrogen) atoms. The summed E-state index contributed by atoms with van der Waals surface area (Å²) in [5, 5.41) is 4.56. The minimum absolute atomic E-state index is 0.125. The molecule has 10 heteroatoms. The Morgan fingerprint density at radius 2 is 1.97 bits per heavy atom. The standard InChI is InChI=1S/C22H15Cl2N3O2S3/c1-27-20(29)18(32-22(27)30)8-12-2-4-13(5-3-12)19(28)26-21-25-11-16(31-21)10-14-9-15(23)6-7-17(14)24/h2-9,11H,10H2,1H3,(H,25,26,28)/b18-8-. The molecule has 0 spiro atoms. The first-order chi connectivity index (χ1) is 15.3. The fourth-order valence-electron chi connectivity index (χ4n) is 2.91. The SMILES string of the molecule is CN1C(=O)/C(=C/c2ccc(C(=O)Nc3ncc(Cc4cc(Cl)ccc4Cl)s3)cc2)SC1=S. The van der Waals surface area contributed by atoms with E-state index in [-0.39, 0.29) is 11.8 Å². The number of thiazole rings is 1. The van der Waals surface area contributed by atoms with Crippen LogP contribution in [-0.4, -0.2) is 33.1 Å². The summed E-state index contributed by atoms with van der Waals surface area (Å²) in [7, 11) is 1.65. The summed E-state index contributed by atoms with van der Waals surface area (Å²) < 4.78 is 0.526. The number of halogens is 2. The first kappa shape index (κ1) is 22.9. The van der Waals surface area contributed by atoms with Crippen LogP contribution < -0.4 is 5.32 Å². The Kier molecular flexibility index (Phi) is 6.97. The van der Waals surface area contributed by atoms with Gasteiger partial charge >= 0.3 is 0 Å². The first-order valence-electron chi connectivity index (χ1n) is 9.32. The fraction of sp³-hybridized carbons (Fsp3) is 0.0909. The monoisotopic (exact) mass is 519 g/mol. The van der Waals surface area contributed by atoms with Gasteiger partial charge in [-0.3, -0.25) is 19.8 Å². The highest BCUT2D eigenvalue weighted by Crippen LogP contribution is 2.31. The number of rotatable bonds is 5. The van der Waals surface area contributed by atoms with Crippen LogP contribution in [0.2, 0.25) is 10.0 Å². The molecule has 1 aromatic heterocycles. The molecule has 0 bridgehead atoms. The lowest BCUT2D eigenvalue weighted by Gasteiger charge is -2.04. The van der Waals surface area contributed by atoms with Crippen molar-refractivity contribution in [1.82, 2.24) is 9.88 Å². The number of amides is 2. The zero-order valence-electron chi connectivity index (χ0n) is 16.6. The molecule has 162 valence electrons. The Morgan fingerprint density at radius 1 is 1.22 bits per heavy atom. The molecule has 2 amide bonds. The smallest absolute Gasteiger partial charge is 0.265 e. The lowest BCUT2D eigenvalue weighted by atomic mass is 10.1. The van der Waals surface area contributed by atoms with Crippen molar-refractivity contribution in [3.63, 3.8) is 0 Å². The molecule has 5 nitrogen and oxygen atoms in total. The molecule has 2 aromatic carbocycles. The maximum absolute atomic E-state index is 12.6. The second kappa shape index (κ2) is 9.72. The van der Waals surface area contributed by atoms with Crippen LogP contribution in [0.25, 0.3) is 6.08 Å². The minimum Gasteiger partial charge on any atom is -0.298 e. The van der Waals surface area contributed by atoms with E-state index in [0.717, 1.165) is 16.0 Å². The molecule has 1 aliphatic rings. The average Bonchev–Trinajstić information content (AvgIpc) is 3.30. The Bertz CT molecular complexity index is 1260. The van der Waals surface area contributed by atoms with Gasteiger partial charge in [0.2, 0.25) is 0 Å². The van der Waals surface area contributed by atoms with Crippen molar-refractivity contribution < 1.29 is 9.59 Å². The maximum Gasteiger partial charge on any atom is 0.265 e. The van der Waals surface area contributed by atoms with Crippen molar-refractivity contribution in [2.24, 2.45) is 0 Å². The second-order valence-corrected chi connectivity index (χ2v) is 10.5. The van der Waals surface area contributed by atoms with Gasteiger partial charge in [0, 0.05) is 40.2 Å². The Balaban J connectivity index is 1.41. The van der Waals surface area contributed by atoms with Gasteiger partial charge in [0.15, 0.2) is 5.13 Å². The number of nitrogens with one attached hydrogen (secondary N) is 1. The van der Waals surface area contributed by atoms with Crippen molar-refractivity contribution in [3.05, 3.63) is 85.2 Å². The van der Waals surface area contributed by atoms with Gasteiger partial charge in [-0.25, -0.2) is 4.98 Å². The number of thioether (sulfide) groups is 1. The number of likely N-dealkylation sites (N-methyl/N-ethyl adjacent to an activating group) is 1. The maximum atomic E-state index is 12.6. The lowest BCUT2D eigenvalue weighted by Crippen LogP contribution is -2.22.